The molecule has 0 fully saturated rings. The maximum absolute atomic E-state index is 13.7. The number of ether oxygens (including phenoxy) is 1. The first-order valence-electron chi connectivity index (χ1n) is 10.2. The third kappa shape index (κ3) is 5.41. The van der Waals surface area contributed by atoms with Gasteiger partial charge in [0.05, 0.1) is 38.5 Å². The van der Waals surface area contributed by atoms with Crippen molar-refractivity contribution in [2.24, 2.45) is 0 Å². The van der Waals surface area contributed by atoms with Crippen LogP contribution in [0.15, 0.2) is 47.8 Å². The molecule has 0 aliphatic heterocycles. The van der Waals surface area contributed by atoms with Gasteiger partial charge in [-0.2, -0.15) is 5.10 Å². The van der Waals surface area contributed by atoms with Crippen LogP contribution >= 0.6 is 34.5 Å². The molecule has 0 saturated carbocycles. The first-order chi connectivity index (χ1) is 16.2. The molecule has 0 bridgehead atoms. The summed E-state index contributed by atoms with van der Waals surface area (Å²) in [6, 6.07) is 10.2. The number of aryl methyl sites for hydroxylation is 1. The Morgan fingerprint density at radius 2 is 1.88 bits per heavy atom. The first kappa shape index (κ1) is 24.2. The number of halogens is 4. The molecule has 1 amide bonds. The summed E-state index contributed by atoms with van der Waals surface area (Å²) in [5.74, 6) is -1.80. The van der Waals surface area contributed by atoms with Gasteiger partial charge < -0.3 is 10.1 Å². The fourth-order valence-corrected chi connectivity index (χ4v) is 4.45. The quantitative estimate of drug-likeness (QED) is 0.284. The van der Waals surface area contributed by atoms with Crippen LogP contribution < -0.4 is 10.1 Å². The Balaban J connectivity index is 1.42. The van der Waals surface area contributed by atoms with Gasteiger partial charge in [0, 0.05) is 11.6 Å². The van der Waals surface area contributed by atoms with E-state index >= 15 is 0 Å². The fourth-order valence-electron chi connectivity index (χ4n) is 3.34. The standard InChI is InChI=1S/C24H19Cl2F2N3O2S/c1-13-23(14(2)31(30-13)10-15-3-5-18(25)19(26)7-15)29-24(32)22-8-16(12-34-22)11-33-21-6-4-17(27)9-20(21)28/h3-9,12H,10-11H2,1-2H3,(H,29,32). The normalized spacial score (nSPS) is 11.0. The molecule has 34 heavy (non-hydrogen) atoms. The molecule has 5 nitrogen and oxygen atoms in total. The summed E-state index contributed by atoms with van der Waals surface area (Å²) in [5.41, 5.74) is 3.73. The lowest BCUT2D eigenvalue weighted by molar-refractivity contribution is 0.103. The lowest BCUT2D eigenvalue weighted by Crippen LogP contribution is -2.12. The van der Waals surface area contributed by atoms with E-state index in [9.17, 15) is 13.6 Å². The number of anilines is 1. The number of nitrogens with one attached hydrogen (secondary N) is 1. The molecular weight excluding hydrogens is 503 g/mol. The van der Waals surface area contributed by atoms with Gasteiger partial charge in [-0.05, 0) is 55.1 Å². The number of hydrogen-bond acceptors (Lipinski definition) is 4. The Hall–Kier alpha value is -2.94. The molecular formula is C24H19Cl2F2N3O2S. The highest BCUT2D eigenvalue weighted by molar-refractivity contribution is 7.12. The zero-order valence-corrected chi connectivity index (χ0v) is 20.5. The predicted molar refractivity (Wildman–Crippen MR) is 130 cm³/mol. The zero-order chi connectivity index (χ0) is 24.4. The second-order valence-electron chi connectivity index (χ2n) is 7.59. The minimum Gasteiger partial charge on any atom is -0.486 e. The summed E-state index contributed by atoms with van der Waals surface area (Å²) in [6.45, 7) is 4.21. The van der Waals surface area contributed by atoms with Crippen LogP contribution in [0, 0.1) is 25.5 Å². The molecule has 10 heteroatoms. The molecule has 0 aliphatic rings. The van der Waals surface area contributed by atoms with Crippen molar-refractivity contribution in [1.82, 2.24) is 9.78 Å². The minimum absolute atomic E-state index is 0.0476. The van der Waals surface area contributed by atoms with Gasteiger partial charge in [0.25, 0.3) is 5.91 Å². The van der Waals surface area contributed by atoms with Crippen LogP contribution in [0.1, 0.15) is 32.2 Å². The topological polar surface area (TPSA) is 56.2 Å². The summed E-state index contributed by atoms with van der Waals surface area (Å²) in [4.78, 5) is 13.3. The van der Waals surface area contributed by atoms with E-state index in [0.717, 1.165) is 23.4 Å². The maximum Gasteiger partial charge on any atom is 0.265 e. The number of carbonyl (C=O) groups excluding carboxylic acids is 1. The van der Waals surface area contributed by atoms with E-state index in [4.69, 9.17) is 27.9 Å². The first-order valence-corrected chi connectivity index (χ1v) is 11.8. The number of amides is 1. The van der Waals surface area contributed by atoms with Crippen molar-refractivity contribution in [2.75, 3.05) is 5.32 Å². The molecule has 0 aliphatic carbocycles. The van der Waals surface area contributed by atoms with Gasteiger partial charge in [0.2, 0.25) is 0 Å². The summed E-state index contributed by atoms with van der Waals surface area (Å²) < 4.78 is 34.0. The lowest BCUT2D eigenvalue weighted by atomic mass is 10.2. The van der Waals surface area contributed by atoms with Crippen LogP contribution in [-0.4, -0.2) is 15.7 Å². The summed E-state index contributed by atoms with van der Waals surface area (Å²) in [7, 11) is 0. The fraction of sp³-hybridized carbons (Fsp3) is 0.167. The molecule has 2 aromatic heterocycles. The summed E-state index contributed by atoms with van der Waals surface area (Å²) in [5, 5.41) is 10.2. The number of hydrogen-bond donors (Lipinski definition) is 1. The van der Waals surface area contributed by atoms with Crippen LogP contribution in [0.4, 0.5) is 14.5 Å². The molecule has 0 atom stereocenters. The van der Waals surface area contributed by atoms with Crippen LogP contribution in [0.25, 0.3) is 0 Å². The van der Waals surface area contributed by atoms with E-state index in [-0.39, 0.29) is 18.3 Å². The number of benzene rings is 2. The van der Waals surface area contributed by atoms with Crippen molar-refractivity contribution in [2.45, 2.75) is 27.0 Å². The number of aromatic nitrogens is 2. The third-order valence-corrected chi connectivity index (χ3v) is 6.82. The van der Waals surface area contributed by atoms with E-state index in [1.165, 1.54) is 17.4 Å². The Labute approximate surface area is 208 Å². The largest absolute Gasteiger partial charge is 0.486 e. The molecule has 176 valence electrons. The highest BCUT2D eigenvalue weighted by atomic mass is 35.5. The molecule has 0 saturated heterocycles. The molecule has 0 radical (unpaired) electrons. The molecule has 0 spiro atoms. The highest BCUT2D eigenvalue weighted by Gasteiger charge is 2.17. The van der Waals surface area contributed by atoms with Crippen LogP contribution in [0.3, 0.4) is 0 Å². The number of thiophene rings is 1. The van der Waals surface area contributed by atoms with E-state index in [0.29, 0.717) is 38.4 Å². The number of carbonyl (C=O) groups is 1. The van der Waals surface area contributed by atoms with Crippen LogP contribution in [0.2, 0.25) is 10.0 Å². The van der Waals surface area contributed by atoms with Crippen molar-refractivity contribution in [3.8, 4) is 5.75 Å². The van der Waals surface area contributed by atoms with E-state index < -0.39 is 11.6 Å². The average Bonchev–Trinajstić information content (AvgIpc) is 3.36. The van der Waals surface area contributed by atoms with Crippen molar-refractivity contribution in [3.63, 3.8) is 0 Å². The molecule has 2 aromatic carbocycles. The van der Waals surface area contributed by atoms with Crippen LogP contribution in [-0.2, 0) is 13.2 Å². The van der Waals surface area contributed by atoms with Crippen molar-refractivity contribution >= 4 is 46.1 Å². The van der Waals surface area contributed by atoms with Gasteiger partial charge in [-0.15, -0.1) is 11.3 Å². The molecule has 4 rings (SSSR count). The third-order valence-electron chi connectivity index (χ3n) is 5.10. The summed E-state index contributed by atoms with van der Waals surface area (Å²) >= 11 is 13.3. The van der Waals surface area contributed by atoms with E-state index in [1.807, 2.05) is 19.9 Å². The molecule has 2 heterocycles. The predicted octanol–water partition coefficient (Wildman–Crippen LogP) is 7.03. The smallest absolute Gasteiger partial charge is 0.265 e. The number of rotatable bonds is 7. The summed E-state index contributed by atoms with van der Waals surface area (Å²) in [6.07, 6.45) is 0. The number of nitrogens with zero attached hydrogens (tertiary/aromatic N) is 2. The Kier molecular flexibility index (Phi) is 7.21. The van der Waals surface area contributed by atoms with E-state index in [1.54, 1.807) is 28.3 Å². The Morgan fingerprint density at radius 3 is 2.62 bits per heavy atom. The second-order valence-corrected chi connectivity index (χ2v) is 9.31. The van der Waals surface area contributed by atoms with Crippen molar-refractivity contribution < 1.29 is 18.3 Å². The van der Waals surface area contributed by atoms with Gasteiger partial charge in [0.15, 0.2) is 11.6 Å². The van der Waals surface area contributed by atoms with Gasteiger partial charge in [-0.1, -0.05) is 29.3 Å². The molecule has 4 aromatic rings. The van der Waals surface area contributed by atoms with Crippen molar-refractivity contribution in [3.05, 3.63) is 96.9 Å². The lowest BCUT2D eigenvalue weighted by Gasteiger charge is -2.08. The maximum atomic E-state index is 13.7. The Morgan fingerprint density at radius 1 is 1.09 bits per heavy atom. The van der Waals surface area contributed by atoms with E-state index in [2.05, 4.69) is 10.4 Å². The van der Waals surface area contributed by atoms with Crippen molar-refractivity contribution in [1.29, 1.82) is 0 Å². The molecule has 1 N–H and O–H groups in total. The van der Waals surface area contributed by atoms with Crippen LogP contribution in [0.5, 0.6) is 5.75 Å². The van der Waals surface area contributed by atoms with Gasteiger partial charge in [0.1, 0.15) is 12.4 Å². The monoisotopic (exact) mass is 521 g/mol. The van der Waals surface area contributed by atoms with Gasteiger partial charge in [-0.3, -0.25) is 9.48 Å². The second kappa shape index (κ2) is 10.1. The minimum atomic E-state index is -0.781. The molecule has 0 unspecified atom stereocenters. The van der Waals surface area contributed by atoms with Gasteiger partial charge in [-0.25, -0.2) is 8.78 Å². The average molecular weight is 522 g/mol. The highest BCUT2D eigenvalue weighted by Crippen LogP contribution is 2.26. The Bertz CT molecular complexity index is 1370. The van der Waals surface area contributed by atoms with Gasteiger partial charge >= 0.3 is 0 Å². The zero-order valence-electron chi connectivity index (χ0n) is 18.2. The SMILES string of the molecule is Cc1nn(Cc2ccc(Cl)c(Cl)c2)c(C)c1NC(=O)c1cc(COc2ccc(F)cc2F)cs1.